The summed E-state index contributed by atoms with van der Waals surface area (Å²) < 4.78 is 14.5. The maximum absolute atomic E-state index is 6.15. The molecular weight excluding hydrogens is 372 g/mol. The van der Waals surface area contributed by atoms with Crippen LogP contribution in [0.15, 0.2) is 60.7 Å². The molecule has 1 aromatic heterocycles. The Hall–Kier alpha value is -3.27. The molecule has 0 fully saturated rings. The van der Waals surface area contributed by atoms with Crippen molar-refractivity contribution in [2.45, 2.75) is 40.8 Å². The number of fused-ring (bicyclic) bond motifs is 1. The fraction of sp³-hybridized carbons (Fsp3) is 0.269. The molecule has 154 valence electrons. The highest BCUT2D eigenvalue weighted by atomic mass is 16.5. The first-order valence-electron chi connectivity index (χ1n) is 10.4. The Labute approximate surface area is 178 Å². The zero-order valence-electron chi connectivity index (χ0n) is 18.1. The van der Waals surface area contributed by atoms with E-state index in [-0.39, 0.29) is 0 Å². The quantitative estimate of drug-likeness (QED) is 0.386. The van der Waals surface area contributed by atoms with Crippen LogP contribution in [0.25, 0.3) is 11.0 Å². The van der Waals surface area contributed by atoms with Gasteiger partial charge in [0, 0.05) is 0 Å². The van der Waals surface area contributed by atoms with Crippen LogP contribution < -0.4 is 9.47 Å². The molecule has 0 saturated carbocycles. The summed E-state index contributed by atoms with van der Waals surface area (Å²) in [5.41, 5.74) is 6.74. The third kappa shape index (κ3) is 4.33. The van der Waals surface area contributed by atoms with E-state index in [1.807, 2.05) is 18.2 Å². The highest BCUT2D eigenvalue weighted by Crippen LogP contribution is 2.23. The number of hydrogen-bond acceptors (Lipinski definition) is 3. The van der Waals surface area contributed by atoms with Crippen molar-refractivity contribution in [1.29, 1.82) is 0 Å². The van der Waals surface area contributed by atoms with Gasteiger partial charge < -0.3 is 14.0 Å². The van der Waals surface area contributed by atoms with Crippen molar-refractivity contribution < 1.29 is 9.47 Å². The molecule has 0 spiro atoms. The number of nitrogens with zero attached hydrogens (tertiary/aromatic N) is 2. The first kappa shape index (κ1) is 20.0. The van der Waals surface area contributed by atoms with E-state index in [0.29, 0.717) is 19.8 Å². The predicted octanol–water partition coefficient (Wildman–Crippen LogP) is 5.93. The Kier molecular flexibility index (Phi) is 5.75. The molecule has 0 bridgehead atoms. The van der Waals surface area contributed by atoms with Gasteiger partial charge in [0.1, 0.15) is 30.5 Å². The van der Waals surface area contributed by atoms with Gasteiger partial charge in [-0.1, -0.05) is 36.4 Å². The summed E-state index contributed by atoms with van der Waals surface area (Å²) in [5.74, 6) is 2.74. The highest BCUT2D eigenvalue weighted by molar-refractivity contribution is 5.75. The van der Waals surface area contributed by atoms with E-state index in [1.165, 1.54) is 11.1 Å². The molecule has 1 heterocycles. The van der Waals surface area contributed by atoms with Gasteiger partial charge >= 0.3 is 0 Å². The summed E-state index contributed by atoms with van der Waals surface area (Å²) in [7, 11) is 0. The molecule has 0 radical (unpaired) electrons. The lowest BCUT2D eigenvalue weighted by Crippen LogP contribution is -2.13. The van der Waals surface area contributed by atoms with Crippen LogP contribution in [0.1, 0.15) is 28.1 Å². The molecule has 3 aromatic carbocycles. The molecule has 4 aromatic rings. The SMILES string of the molecule is Cc1ccc(C)c(OCCn2c(COc3cc(C)ccc3C)nc3ccccc32)c1. The second kappa shape index (κ2) is 8.62. The van der Waals surface area contributed by atoms with Crippen molar-refractivity contribution >= 4 is 11.0 Å². The van der Waals surface area contributed by atoms with E-state index >= 15 is 0 Å². The monoisotopic (exact) mass is 400 g/mol. The highest BCUT2D eigenvalue weighted by Gasteiger charge is 2.12. The lowest BCUT2D eigenvalue weighted by molar-refractivity contribution is 0.270. The molecule has 0 aliphatic heterocycles. The fourth-order valence-corrected chi connectivity index (χ4v) is 3.60. The molecule has 4 rings (SSSR count). The Balaban J connectivity index is 1.54. The van der Waals surface area contributed by atoms with Crippen LogP contribution in [0.2, 0.25) is 0 Å². The number of aromatic nitrogens is 2. The van der Waals surface area contributed by atoms with Gasteiger partial charge in [0.15, 0.2) is 0 Å². The van der Waals surface area contributed by atoms with Gasteiger partial charge in [0.25, 0.3) is 0 Å². The molecule has 0 saturated heterocycles. The molecule has 30 heavy (non-hydrogen) atoms. The van der Waals surface area contributed by atoms with Crippen LogP contribution in [0.5, 0.6) is 11.5 Å². The van der Waals surface area contributed by atoms with E-state index in [2.05, 4.69) is 74.7 Å². The van der Waals surface area contributed by atoms with Crippen molar-refractivity contribution in [1.82, 2.24) is 9.55 Å². The van der Waals surface area contributed by atoms with Crippen LogP contribution in [-0.2, 0) is 13.2 Å². The molecule has 4 nitrogen and oxygen atoms in total. The van der Waals surface area contributed by atoms with E-state index in [9.17, 15) is 0 Å². The van der Waals surface area contributed by atoms with Crippen molar-refractivity contribution in [2.24, 2.45) is 0 Å². The largest absolute Gasteiger partial charge is 0.491 e. The zero-order valence-corrected chi connectivity index (χ0v) is 18.1. The second-order valence-electron chi connectivity index (χ2n) is 7.84. The molecule has 0 aliphatic carbocycles. The van der Waals surface area contributed by atoms with Gasteiger partial charge in [0.2, 0.25) is 0 Å². The lowest BCUT2D eigenvalue weighted by atomic mass is 10.1. The van der Waals surface area contributed by atoms with Crippen molar-refractivity contribution in [2.75, 3.05) is 6.61 Å². The number of para-hydroxylation sites is 2. The van der Waals surface area contributed by atoms with E-state index in [4.69, 9.17) is 14.5 Å². The molecule has 0 aliphatic rings. The normalized spacial score (nSPS) is 11.1. The van der Waals surface area contributed by atoms with Gasteiger partial charge in [-0.3, -0.25) is 0 Å². The van der Waals surface area contributed by atoms with Gasteiger partial charge in [-0.2, -0.15) is 0 Å². The Morgan fingerprint density at radius 2 is 1.40 bits per heavy atom. The number of hydrogen-bond donors (Lipinski definition) is 0. The Morgan fingerprint density at radius 3 is 2.10 bits per heavy atom. The molecule has 0 amide bonds. The second-order valence-corrected chi connectivity index (χ2v) is 7.84. The average Bonchev–Trinajstić information content (AvgIpc) is 3.09. The van der Waals surface area contributed by atoms with E-state index in [0.717, 1.165) is 39.5 Å². The minimum atomic E-state index is 0.419. The summed E-state index contributed by atoms with van der Waals surface area (Å²) >= 11 is 0. The van der Waals surface area contributed by atoms with Crippen LogP contribution in [0.4, 0.5) is 0 Å². The molecular formula is C26H28N2O2. The number of ether oxygens (including phenoxy) is 2. The average molecular weight is 401 g/mol. The maximum atomic E-state index is 6.15. The van der Waals surface area contributed by atoms with Gasteiger partial charge in [-0.15, -0.1) is 0 Å². The number of benzene rings is 3. The van der Waals surface area contributed by atoms with Crippen LogP contribution in [-0.4, -0.2) is 16.2 Å². The Morgan fingerprint density at radius 1 is 0.767 bits per heavy atom. The molecule has 4 heteroatoms. The lowest BCUT2D eigenvalue weighted by Gasteiger charge is -2.14. The van der Waals surface area contributed by atoms with Gasteiger partial charge in [0.05, 0.1) is 17.6 Å². The van der Waals surface area contributed by atoms with Crippen molar-refractivity contribution in [3.05, 3.63) is 88.7 Å². The molecule has 0 atom stereocenters. The van der Waals surface area contributed by atoms with Crippen LogP contribution >= 0.6 is 0 Å². The van der Waals surface area contributed by atoms with Gasteiger partial charge in [-0.25, -0.2) is 4.98 Å². The predicted molar refractivity (Wildman–Crippen MR) is 121 cm³/mol. The summed E-state index contributed by atoms with van der Waals surface area (Å²) in [6.45, 7) is 9.99. The first-order chi connectivity index (χ1) is 14.5. The third-order valence-corrected chi connectivity index (χ3v) is 5.35. The van der Waals surface area contributed by atoms with Crippen molar-refractivity contribution in [3.63, 3.8) is 0 Å². The smallest absolute Gasteiger partial charge is 0.148 e. The first-order valence-corrected chi connectivity index (χ1v) is 10.4. The minimum absolute atomic E-state index is 0.419. The van der Waals surface area contributed by atoms with Crippen molar-refractivity contribution in [3.8, 4) is 11.5 Å². The maximum Gasteiger partial charge on any atom is 0.148 e. The summed E-state index contributed by atoms with van der Waals surface area (Å²) in [4.78, 5) is 4.82. The topological polar surface area (TPSA) is 36.3 Å². The summed E-state index contributed by atoms with van der Waals surface area (Å²) in [5, 5.41) is 0. The number of aryl methyl sites for hydroxylation is 4. The number of imidazole rings is 1. The molecule has 0 unspecified atom stereocenters. The van der Waals surface area contributed by atoms with E-state index in [1.54, 1.807) is 0 Å². The Bertz CT molecular complexity index is 1180. The van der Waals surface area contributed by atoms with Crippen LogP contribution in [0.3, 0.4) is 0 Å². The zero-order chi connectivity index (χ0) is 21.1. The third-order valence-electron chi connectivity index (χ3n) is 5.35. The number of rotatable bonds is 7. The standard InChI is InChI=1S/C26H28N2O2/c1-18-9-11-20(3)24(15-18)29-14-13-28-23-8-6-5-7-22(23)27-26(28)17-30-25-16-19(2)10-12-21(25)4/h5-12,15-16H,13-14,17H2,1-4H3. The summed E-state index contributed by atoms with van der Waals surface area (Å²) in [6.07, 6.45) is 0. The molecule has 0 N–H and O–H groups in total. The van der Waals surface area contributed by atoms with E-state index < -0.39 is 0 Å². The van der Waals surface area contributed by atoms with Crippen LogP contribution in [0, 0.1) is 27.7 Å². The minimum Gasteiger partial charge on any atom is -0.491 e. The fourth-order valence-electron chi connectivity index (χ4n) is 3.60. The summed E-state index contributed by atoms with van der Waals surface area (Å²) in [6, 6.07) is 20.8. The van der Waals surface area contributed by atoms with Gasteiger partial charge in [-0.05, 0) is 74.2 Å².